The molecule has 1 atom stereocenters. The summed E-state index contributed by atoms with van der Waals surface area (Å²) in [6.07, 6.45) is -4.89. The normalized spacial score (nSPS) is 12.8. The summed E-state index contributed by atoms with van der Waals surface area (Å²) >= 11 is 0. The van der Waals surface area contributed by atoms with Crippen molar-refractivity contribution in [2.45, 2.75) is 19.1 Å². The number of amides is 1. The van der Waals surface area contributed by atoms with Crippen LogP contribution in [0.25, 0.3) is 11.3 Å². The van der Waals surface area contributed by atoms with Gasteiger partial charge >= 0.3 is 12.3 Å². The van der Waals surface area contributed by atoms with Crippen molar-refractivity contribution in [1.82, 2.24) is 5.32 Å². The van der Waals surface area contributed by atoms with Crippen LogP contribution in [0.5, 0.6) is 5.95 Å². The zero-order valence-corrected chi connectivity index (χ0v) is 18.4. The third-order valence-electron chi connectivity index (χ3n) is 4.44. The van der Waals surface area contributed by atoms with Gasteiger partial charge in [0.1, 0.15) is 11.4 Å². The van der Waals surface area contributed by atoms with E-state index in [1.807, 2.05) is 0 Å². The van der Waals surface area contributed by atoms with Gasteiger partial charge in [-0.3, -0.25) is 4.72 Å². The van der Waals surface area contributed by atoms with Crippen LogP contribution in [0, 0.1) is 11.6 Å². The molecule has 0 radical (unpaired) electrons. The first-order chi connectivity index (χ1) is 15.7. The van der Waals surface area contributed by atoms with Crippen LogP contribution >= 0.6 is 0 Å². The molecule has 0 spiro atoms. The zero-order valence-electron chi connectivity index (χ0n) is 17.5. The van der Waals surface area contributed by atoms with Crippen LogP contribution < -0.4 is 14.8 Å². The molecule has 3 rings (SSSR count). The highest BCUT2D eigenvalue weighted by atomic mass is 32.2. The molecule has 0 aliphatic carbocycles. The zero-order chi connectivity index (χ0) is 25.3. The van der Waals surface area contributed by atoms with Crippen molar-refractivity contribution in [3.63, 3.8) is 0 Å². The number of anilines is 1. The minimum Gasteiger partial charge on any atom is -0.425 e. The van der Waals surface area contributed by atoms with Gasteiger partial charge in [-0.1, -0.05) is 12.1 Å². The van der Waals surface area contributed by atoms with Crippen molar-refractivity contribution in [3.8, 4) is 17.3 Å². The first-order valence-electron chi connectivity index (χ1n) is 9.45. The van der Waals surface area contributed by atoms with Crippen LogP contribution in [0.15, 0.2) is 52.9 Å². The highest BCUT2D eigenvalue weighted by Gasteiger charge is 2.30. The molecule has 7 nitrogen and oxygen atoms in total. The van der Waals surface area contributed by atoms with E-state index in [-0.39, 0.29) is 22.8 Å². The van der Waals surface area contributed by atoms with E-state index in [0.29, 0.717) is 0 Å². The second kappa shape index (κ2) is 9.33. The minimum absolute atomic E-state index is 0.0139. The Balaban J connectivity index is 1.68. The predicted octanol–water partition coefficient (Wildman–Crippen LogP) is 5.46. The molecule has 2 N–H and O–H groups in total. The number of rotatable bonds is 6. The molecule has 0 aliphatic rings. The summed E-state index contributed by atoms with van der Waals surface area (Å²) in [5.41, 5.74) is -1.67. The summed E-state index contributed by atoms with van der Waals surface area (Å²) in [5, 5.41) is 2.30. The highest BCUT2D eigenvalue weighted by Crippen LogP contribution is 2.33. The monoisotopic (exact) mass is 504 g/mol. The van der Waals surface area contributed by atoms with Crippen LogP contribution in [-0.4, -0.2) is 20.8 Å². The molecule has 1 aromatic heterocycles. The Labute approximate surface area is 190 Å². The molecule has 2 aromatic carbocycles. The maximum absolute atomic E-state index is 14.2. The van der Waals surface area contributed by atoms with E-state index >= 15 is 0 Å². The van der Waals surface area contributed by atoms with E-state index in [4.69, 9.17) is 9.15 Å². The Morgan fingerprint density at radius 3 is 2.29 bits per heavy atom. The maximum atomic E-state index is 14.2. The molecule has 0 saturated carbocycles. The lowest BCUT2D eigenvalue weighted by Gasteiger charge is -2.15. The van der Waals surface area contributed by atoms with Crippen LogP contribution in [-0.2, 0) is 16.2 Å². The van der Waals surface area contributed by atoms with Crippen molar-refractivity contribution < 1.29 is 44.3 Å². The number of carbonyl (C=O) groups excluding carboxylic acids is 1. The molecule has 0 unspecified atom stereocenters. The van der Waals surface area contributed by atoms with Gasteiger partial charge < -0.3 is 14.5 Å². The molecule has 34 heavy (non-hydrogen) atoms. The molecule has 1 heterocycles. The predicted molar refractivity (Wildman–Crippen MR) is 112 cm³/mol. The van der Waals surface area contributed by atoms with Gasteiger partial charge in [-0.15, -0.1) is 0 Å². The van der Waals surface area contributed by atoms with E-state index in [9.17, 15) is 35.2 Å². The molecule has 0 bridgehead atoms. The average Bonchev–Trinajstić information content (AvgIpc) is 3.17. The van der Waals surface area contributed by atoms with Gasteiger partial charge in [0.05, 0.1) is 17.9 Å². The van der Waals surface area contributed by atoms with Gasteiger partial charge in [-0.2, -0.15) is 13.2 Å². The van der Waals surface area contributed by atoms with Gasteiger partial charge in [0.15, 0.2) is 11.6 Å². The molecule has 0 saturated heterocycles. The van der Waals surface area contributed by atoms with Crippen molar-refractivity contribution >= 4 is 21.8 Å². The molecule has 0 fully saturated rings. The molecule has 1 amide bonds. The fourth-order valence-corrected chi connectivity index (χ4v) is 3.45. The second-order valence-electron chi connectivity index (χ2n) is 7.19. The van der Waals surface area contributed by atoms with Crippen LogP contribution in [0.1, 0.15) is 24.1 Å². The van der Waals surface area contributed by atoms with Crippen molar-refractivity contribution in [1.29, 1.82) is 0 Å². The van der Waals surface area contributed by atoms with Crippen LogP contribution in [0.4, 0.5) is 32.4 Å². The van der Waals surface area contributed by atoms with E-state index in [2.05, 4.69) is 5.32 Å². The van der Waals surface area contributed by atoms with E-state index in [0.717, 1.165) is 30.5 Å². The molecular weight excluding hydrogens is 487 g/mol. The SMILES string of the molecule is C[C@H](NC(=O)Oc1ccc(-c2cccc(C(F)(F)F)c2)o1)c1cc(F)c(NS(C)(=O)=O)c(F)c1. The number of sulfonamides is 1. The van der Waals surface area contributed by atoms with Crippen molar-refractivity contribution in [2.24, 2.45) is 0 Å². The van der Waals surface area contributed by atoms with Gasteiger partial charge in [0, 0.05) is 11.6 Å². The average molecular weight is 504 g/mol. The fraction of sp³-hybridized carbons (Fsp3) is 0.190. The van der Waals surface area contributed by atoms with E-state index in [1.165, 1.54) is 31.2 Å². The van der Waals surface area contributed by atoms with Gasteiger partial charge in [0.2, 0.25) is 10.0 Å². The van der Waals surface area contributed by atoms with E-state index in [1.54, 1.807) is 4.72 Å². The first kappa shape index (κ1) is 25.0. The quantitative estimate of drug-likeness (QED) is 0.434. The van der Waals surface area contributed by atoms with Crippen molar-refractivity contribution in [2.75, 3.05) is 11.0 Å². The number of alkyl halides is 3. The van der Waals surface area contributed by atoms with Gasteiger partial charge in [0.25, 0.3) is 5.95 Å². The van der Waals surface area contributed by atoms with Gasteiger partial charge in [-0.05, 0) is 42.8 Å². The minimum atomic E-state index is -4.55. The number of benzene rings is 2. The molecule has 182 valence electrons. The summed E-state index contributed by atoms with van der Waals surface area (Å²) in [4.78, 5) is 12.1. The summed E-state index contributed by atoms with van der Waals surface area (Å²) < 4.78 is 101. The molecule has 3 aromatic rings. The lowest BCUT2D eigenvalue weighted by atomic mass is 10.1. The highest BCUT2D eigenvalue weighted by molar-refractivity contribution is 7.92. The topological polar surface area (TPSA) is 97.6 Å². The third-order valence-corrected chi connectivity index (χ3v) is 5.01. The largest absolute Gasteiger partial charge is 0.425 e. The summed E-state index contributed by atoms with van der Waals surface area (Å²) in [7, 11) is -3.92. The fourth-order valence-electron chi connectivity index (χ4n) is 2.89. The standard InChI is InChI=1S/C21H17F5N2O5S/c1-11(13-9-15(22)19(16(23)10-13)28-34(2,30)31)27-20(29)33-18-7-6-17(32-18)12-4-3-5-14(8-12)21(24,25)26/h3-11,28H,1-2H3,(H,27,29)/t11-/m0/s1. The number of nitrogens with one attached hydrogen (secondary N) is 2. The third kappa shape index (κ3) is 6.25. The van der Waals surface area contributed by atoms with Crippen molar-refractivity contribution in [3.05, 3.63) is 71.3 Å². The lowest BCUT2D eigenvalue weighted by Crippen LogP contribution is -2.29. The Morgan fingerprint density at radius 1 is 1.06 bits per heavy atom. The lowest BCUT2D eigenvalue weighted by molar-refractivity contribution is -0.137. The Kier molecular flexibility index (Phi) is 6.87. The van der Waals surface area contributed by atoms with Gasteiger partial charge in [-0.25, -0.2) is 22.0 Å². The number of hydrogen-bond acceptors (Lipinski definition) is 5. The second-order valence-corrected chi connectivity index (χ2v) is 8.94. The summed E-state index contributed by atoms with van der Waals surface area (Å²) in [5.74, 6) is -2.71. The Hall–Kier alpha value is -3.61. The summed E-state index contributed by atoms with van der Waals surface area (Å²) in [6.45, 7) is 1.38. The smallest absolute Gasteiger partial charge is 0.416 e. The number of ether oxygens (including phenoxy) is 1. The molecule has 13 heteroatoms. The molecular formula is C21H17F5N2O5S. The Morgan fingerprint density at radius 2 is 1.71 bits per heavy atom. The summed E-state index contributed by atoms with van der Waals surface area (Å²) in [6, 6.07) is 7.56. The maximum Gasteiger partial charge on any atom is 0.416 e. The van der Waals surface area contributed by atoms with E-state index < -0.39 is 51.2 Å². The molecule has 0 aliphatic heterocycles. The Bertz CT molecular complexity index is 1300. The number of furan rings is 1. The number of halogens is 5. The number of hydrogen-bond donors (Lipinski definition) is 2. The first-order valence-corrected chi connectivity index (χ1v) is 11.3. The number of carbonyl (C=O) groups is 1. The van der Waals surface area contributed by atoms with Crippen LogP contribution in [0.2, 0.25) is 0 Å². The van der Waals surface area contributed by atoms with Crippen LogP contribution in [0.3, 0.4) is 0 Å².